The molecule has 2 nitrogen and oxygen atoms in total. The summed E-state index contributed by atoms with van der Waals surface area (Å²) in [5.74, 6) is 0. The van der Waals surface area contributed by atoms with E-state index in [2.05, 4.69) is 37.4 Å². The minimum Gasteiger partial charge on any atom is -0.354 e. The van der Waals surface area contributed by atoms with Gasteiger partial charge < -0.3 is 5.32 Å². The van der Waals surface area contributed by atoms with Gasteiger partial charge in [-0.2, -0.15) is 5.26 Å². The van der Waals surface area contributed by atoms with E-state index in [1.807, 2.05) is 31.2 Å². The molecule has 0 aliphatic heterocycles. The lowest BCUT2D eigenvalue weighted by Crippen LogP contribution is -1.95. The molecule has 0 atom stereocenters. The van der Waals surface area contributed by atoms with Crippen LogP contribution in [0.15, 0.2) is 36.4 Å². The summed E-state index contributed by atoms with van der Waals surface area (Å²) in [5, 5.41) is 12.4. The van der Waals surface area contributed by atoms with E-state index in [-0.39, 0.29) is 0 Å². The average Bonchev–Trinajstić information content (AvgIpc) is 2.36. The molecule has 2 aromatic rings. The number of anilines is 2. The minimum atomic E-state index is 0.674. The van der Waals surface area contributed by atoms with Crippen molar-refractivity contribution in [2.24, 2.45) is 0 Å². The van der Waals surface area contributed by atoms with Crippen LogP contribution in [0.25, 0.3) is 0 Å². The number of nitriles is 1. The van der Waals surface area contributed by atoms with Crippen molar-refractivity contribution in [3.05, 3.63) is 58.7 Å². The van der Waals surface area contributed by atoms with E-state index in [0.29, 0.717) is 5.56 Å². The molecule has 0 aliphatic carbocycles. The molecule has 0 radical (unpaired) electrons. The van der Waals surface area contributed by atoms with Crippen molar-refractivity contribution >= 4 is 11.4 Å². The predicted molar refractivity (Wildman–Crippen MR) is 75.1 cm³/mol. The smallest absolute Gasteiger partial charge is 0.101 e. The number of nitrogens with zero attached hydrogens (tertiary/aromatic N) is 1. The first-order valence-corrected chi connectivity index (χ1v) is 5.95. The Morgan fingerprint density at radius 2 is 1.72 bits per heavy atom. The van der Waals surface area contributed by atoms with Gasteiger partial charge in [0.1, 0.15) is 6.07 Å². The Morgan fingerprint density at radius 3 is 2.39 bits per heavy atom. The van der Waals surface area contributed by atoms with Crippen LogP contribution in [0.4, 0.5) is 11.4 Å². The van der Waals surface area contributed by atoms with Gasteiger partial charge in [0.15, 0.2) is 0 Å². The molecule has 0 heterocycles. The number of hydrogen-bond donors (Lipinski definition) is 1. The maximum atomic E-state index is 9.13. The van der Waals surface area contributed by atoms with E-state index in [9.17, 15) is 0 Å². The lowest BCUT2D eigenvalue weighted by atomic mass is 10.1. The topological polar surface area (TPSA) is 35.8 Å². The minimum absolute atomic E-state index is 0.674. The van der Waals surface area contributed by atoms with Crippen LogP contribution in [0.1, 0.15) is 22.3 Å². The molecule has 0 bridgehead atoms. The van der Waals surface area contributed by atoms with Gasteiger partial charge in [0, 0.05) is 5.69 Å². The fourth-order valence-electron chi connectivity index (χ4n) is 1.83. The van der Waals surface area contributed by atoms with Crippen LogP contribution >= 0.6 is 0 Å². The largest absolute Gasteiger partial charge is 0.354 e. The van der Waals surface area contributed by atoms with Crippen molar-refractivity contribution in [2.45, 2.75) is 20.8 Å². The Morgan fingerprint density at radius 1 is 0.944 bits per heavy atom. The number of aryl methyl sites for hydroxylation is 3. The standard InChI is InChI=1S/C16H16N2/c1-11-4-7-16(14(8-11)10-17)18-15-6-5-12(2)13(3)9-15/h4-9,18H,1-3H3. The highest BCUT2D eigenvalue weighted by molar-refractivity contribution is 5.67. The maximum Gasteiger partial charge on any atom is 0.101 e. The fraction of sp³-hybridized carbons (Fsp3) is 0.188. The molecule has 2 aromatic carbocycles. The zero-order valence-electron chi connectivity index (χ0n) is 10.9. The van der Waals surface area contributed by atoms with Gasteiger partial charge in [-0.15, -0.1) is 0 Å². The number of rotatable bonds is 2. The van der Waals surface area contributed by atoms with Crippen molar-refractivity contribution in [1.29, 1.82) is 5.26 Å². The van der Waals surface area contributed by atoms with Crippen molar-refractivity contribution in [3.63, 3.8) is 0 Å². The lowest BCUT2D eigenvalue weighted by Gasteiger charge is -2.10. The number of benzene rings is 2. The van der Waals surface area contributed by atoms with E-state index in [1.54, 1.807) is 0 Å². The zero-order valence-corrected chi connectivity index (χ0v) is 10.9. The Hall–Kier alpha value is -2.27. The van der Waals surface area contributed by atoms with Gasteiger partial charge in [0.25, 0.3) is 0 Å². The van der Waals surface area contributed by atoms with Crippen LogP contribution in [0.5, 0.6) is 0 Å². The molecule has 18 heavy (non-hydrogen) atoms. The highest BCUT2D eigenvalue weighted by atomic mass is 14.9. The first-order valence-electron chi connectivity index (χ1n) is 5.95. The molecule has 1 N–H and O–H groups in total. The van der Waals surface area contributed by atoms with Gasteiger partial charge in [-0.3, -0.25) is 0 Å². The molecule has 90 valence electrons. The van der Waals surface area contributed by atoms with E-state index < -0.39 is 0 Å². The van der Waals surface area contributed by atoms with Gasteiger partial charge in [-0.05, 0) is 61.7 Å². The maximum absolute atomic E-state index is 9.13. The van der Waals surface area contributed by atoms with Crippen molar-refractivity contribution in [1.82, 2.24) is 0 Å². The van der Waals surface area contributed by atoms with Gasteiger partial charge >= 0.3 is 0 Å². The van der Waals surface area contributed by atoms with Crippen LogP contribution in [0.3, 0.4) is 0 Å². The molecule has 2 heteroatoms. The third-order valence-corrected chi connectivity index (χ3v) is 3.08. The second-order valence-corrected chi connectivity index (χ2v) is 4.58. The number of nitrogens with one attached hydrogen (secondary N) is 1. The van der Waals surface area contributed by atoms with Gasteiger partial charge in [0.2, 0.25) is 0 Å². The predicted octanol–water partition coefficient (Wildman–Crippen LogP) is 4.23. The van der Waals surface area contributed by atoms with Crippen molar-refractivity contribution in [3.8, 4) is 6.07 Å². The SMILES string of the molecule is Cc1ccc(Nc2ccc(C)c(C)c2)c(C#N)c1. The Bertz CT molecular complexity index is 621. The van der Waals surface area contributed by atoms with Crippen LogP contribution in [0.2, 0.25) is 0 Å². The normalized spacial score (nSPS) is 9.89. The molecule has 0 saturated carbocycles. The zero-order chi connectivity index (χ0) is 13.1. The summed E-state index contributed by atoms with van der Waals surface area (Å²) < 4.78 is 0. The average molecular weight is 236 g/mol. The van der Waals surface area contributed by atoms with Crippen LogP contribution < -0.4 is 5.32 Å². The summed E-state index contributed by atoms with van der Waals surface area (Å²) in [7, 11) is 0. The summed E-state index contributed by atoms with van der Waals surface area (Å²) in [4.78, 5) is 0. The van der Waals surface area contributed by atoms with Gasteiger partial charge in [0.05, 0.1) is 11.3 Å². The van der Waals surface area contributed by atoms with Crippen molar-refractivity contribution < 1.29 is 0 Å². The highest BCUT2D eigenvalue weighted by Gasteiger charge is 2.03. The molecular formula is C16H16N2. The van der Waals surface area contributed by atoms with Gasteiger partial charge in [-0.1, -0.05) is 12.1 Å². The summed E-state index contributed by atoms with van der Waals surface area (Å²) in [6.45, 7) is 6.16. The van der Waals surface area contributed by atoms with E-state index >= 15 is 0 Å². The van der Waals surface area contributed by atoms with Crippen LogP contribution in [0, 0.1) is 32.1 Å². The van der Waals surface area contributed by atoms with E-state index in [1.165, 1.54) is 11.1 Å². The number of hydrogen-bond acceptors (Lipinski definition) is 2. The molecule has 0 amide bonds. The molecule has 2 rings (SSSR count). The Labute approximate surface area is 108 Å². The quantitative estimate of drug-likeness (QED) is 0.847. The Balaban J connectivity index is 2.34. The van der Waals surface area contributed by atoms with Crippen LogP contribution in [-0.2, 0) is 0 Å². The second kappa shape index (κ2) is 4.93. The summed E-state index contributed by atoms with van der Waals surface area (Å²) in [6, 6.07) is 14.3. The van der Waals surface area contributed by atoms with E-state index in [4.69, 9.17) is 5.26 Å². The second-order valence-electron chi connectivity index (χ2n) is 4.58. The molecule has 0 unspecified atom stereocenters. The van der Waals surface area contributed by atoms with E-state index in [0.717, 1.165) is 16.9 Å². The van der Waals surface area contributed by atoms with Gasteiger partial charge in [-0.25, -0.2) is 0 Å². The molecule has 0 aromatic heterocycles. The third kappa shape index (κ3) is 2.52. The molecule has 0 spiro atoms. The highest BCUT2D eigenvalue weighted by Crippen LogP contribution is 2.23. The first-order chi connectivity index (χ1) is 8.60. The lowest BCUT2D eigenvalue weighted by molar-refractivity contribution is 1.33. The third-order valence-electron chi connectivity index (χ3n) is 3.08. The van der Waals surface area contributed by atoms with Crippen LogP contribution in [-0.4, -0.2) is 0 Å². The Kier molecular flexibility index (Phi) is 3.34. The molecule has 0 fully saturated rings. The molecular weight excluding hydrogens is 220 g/mol. The molecule has 0 saturated heterocycles. The summed E-state index contributed by atoms with van der Waals surface area (Å²) in [5.41, 5.74) is 6.14. The molecule has 0 aliphatic rings. The summed E-state index contributed by atoms with van der Waals surface area (Å²) >= 11 is 0. The first kappa shape index (κ1) is 12.2. The summed E-state index contributed by atoms with van der Waals surface area (Å²) in [6.07, 6.45) is 0. The fourth-order valence-corrected chi connectivity index (χ4v) is 1.83. The monoisotopic (exact) mass is 236 g/mol. The van der Waals surface area contributed by atoms with Crippen molar-refractivity contribution in [2.75, 3.05) is 5.32 Å².